The van der Waals surface area contributed by atoms with Crippen molar-refractivity contribution in [1.29, 1.82) is 0 Å². The van der Waals surface area contributed by atoms with Crippen LogP contribution in [0.5, 0.6) is 0 Å². The average Bonchev–Trinajstić information content (AvgIpc) is 2.36. The highest BCUT2D eigenvalue weighted by atomic mass is 16.6. The number of nitrogens with two attached hydrogens (primary N) is 2. The molecule has 0 radical (unpaired) electrons. The molecule has 0 fully saturated rings. The molecule has 0 aromatic carbocycles. The van der Waals surface area contributed by atoms with Crippen molar-refractivity contribution in [2.24, 2.45) is 11.5 Å². The van der Waals surface area contributed by atoms with E-state index >= 15 is 0 Å². The molecule has 0 bridgehead atoms. The minimum Gasteiger partial charge on any atom is -0.446 e. The van der Waals surface area contributed by atoms with Crippen LogP contribution in [0.4, 0.5) is 9.59 Å². The van der Waals surface area contributed by atoms with Gasteiger partial charge in [0.25, 0.3) is 0 Å². The topological polar surface area (TPSA) is 105 Å². The van der Waals surface area contributed by atoms with Crippen molar-refractivity contribution in [3.63, 3.8) is 0 Å². The van der Waals surface area contributed by atoms with E-state index in [4.69, 9.17) is 20.9 Å². The zero-order valence-corrected chi connectivity index (χ0v) is 12.8. The quantitative estimate of drug-likeness (QED) is 0.644. The Hall–Kier alpha value is -1.46. The zero-order valence-electron chi connectivity index (χ0n) is 12.8. The second-order valence-electron chi connectivity index (χ2n) is 5.05. The van der Waals surface area contributed by atoms with Crippen LogP contribution in [0.2, 0.25) is 0 Å². The van der Waals surface area contributed by atoms with Gasteiger partial charge in [0.1, 0.15) is 11.7 Å². The minimum atomic E-state index is -0.743. The summed E-state index contributed by atoms with van der Waals surface area (Å²) in [6.45, 7) is 5.96. The van der Waals surface area contributed by atoms with E-state index in [9.17, 15) is 9.59 Å². The smallest absolute Gasteiger partial charge is 0.405 e. The SMILES string of the molecule is CCCC(CCCC(CC)(CC)OC(N)=O)OC(N)=O. The normalized spacial score (nSPS) is 12.8. The summed E-state index contributed by atoms with van der Waals surface area (Å²) in [6.07, 6.45) is 3.66. The molecule has 6 heteroatoms. The van der Waals surface area contributed by atoms with Crippen LogP contribution < -0.4 is 11.5 Å². The van der Waals surface area contributed by atoms with E-state index in [2.05, 4.69) is 0 Å². The molecule has 0 aliphatic rings. The summed E-state index contributed by atoms with van der Waals surface area (Å²) in [5.41, 5.74) is 9.66. The molecule has 20 heavy (non-hydrogen) atoms. The number of carbonyl (C=O) groups is 2. The maximum atomic E-state index is 11.0. The molecule has 0 spiro atoms. The number of ether oxygens (including phenoxy) is 2. The molecule has 1 unspecified atom stereocenters. The predicted molar refractivity (Wildman–Crippen MR) is 77.2 cm³/mol. The maximum absolute atomic E-state index is 11.0. The van der Waals surface area contributed by atoms with Gasteiger partial charge < -0.3 is 20.9 Å². The highest BCUT2D eigenvalue weighted by molar-refractivity contribution is 5.65. The van der Waals surface area contributed by atoms with Gasteiger partial charge in [-0.1, -0.05) is 27.2 Å². The van der Waals surface area contributed by atoms with Crippen LogP contribution in [0.15, 0.2) is 0 Å². The van der Waals surface area contributed by atoms with E-state index in [1.807, 2.05) is 20.8 Å². The van der Waals surface area contributed by atoms with Crippen molar-refractivity contribution in [3.8, 4) is 0 Å². The van der Waals surface area contributed by atoms with E-state index in [0.29, 0.717) is 25.7 Å². The molecule has 0 aromatic rings. The highest BCUT2D eigenvalue weighted by Gasteiger charge is 2.29. The number of carbonyl (C=O) groups excluding carboxylic acids is 2. The third-order valence-corrected chi connectivity index (χ3v) is 3.66. The fourth-order valence-electron chi connectivity index (χ4n) is 2.41. The van der Waals surface area contributed by atoms with Gasteiger partial charge in [-0.25, -0.2) is 9.59 Å². The van der Waals surface area contributed by atoms with Crippen LogP contribution in [0, 0.1) is 0 Å². The van der Waals surface area contributed by atoms with Crippen molar-refractivity contribution < 1.29 is 19.1 Å². The number of primary amides is 2. The van der Waals surface area contributed by atoms with Gasteiger partial charge in [0, 0.05) is 0 Å². The molecule has 0 aromatic heterocycles. The first-order chi connectivity index (χ1) is 9.39. The first kappa shape index (κ1) is 18.5. The van der Waals surface area contributed by atoms with E-state index in [0.717, 1.165) is 19.3 Å². The molecule has 0 saturated carbocycles. The molecule has 0 saturated heterocycles. The van der Waals surface area contributed by atoms with Crippen LogP contribution >= 0.6 is 0 Å². The fraction of sp³-hybridized carbons (Fsp3) is 0.857. The summed E-state index contributed by atoms with van der Waals surface area (Å²) in [5.74, 6) is 0. The molecular weight excluding hydrogens is 260 g/mol. The summed E-state index contributed by atoms with van der Waals surface area (Å²) in [4.78, 5) is 21.8. The molecule has 2 amide bonds. The molecule has 0 aliphatic heterocycles. The maximum Gasteiger partial charge on any atom is 0.405 e. The monoisotopic (exact) mass is 288 g/mol. The van der Waals surface area contributed by atoms with Crippen molar-refractivity contribution in [1.82, 2.24) is 0 Å². The van der Waals surface area contributed by atoms with Crippen molar-refractivity contribution in [2.45, 2.75) is 77.4 Å². The Morgan fingerprint density at radius 2 is 1.65 bits per heavy atom. The van der Waals surface area contributed by atoms with Gasteiger partial charge in [-0.2, -0.15) is 0 Å². The lowest BCUT2D eigenvalue weighted by atomic mass is 9.89. The average molecular weight is 288 g/mol. The molecule has 4 N–H and O–H groups in total. The van der Waals surface area contributed by atoms with Crippen LogP contribution in [-0.2, 0) is 9.47 Å². The van der Waals surface area contributed by atoms with Crippen molar-refractivity contribution in [2.75, 3.05) is 0 Å². The number of amides is 2. The second kappa shape index (κ2) is 9.44. The summed E-state index contributed by atoms with van der Waals surface area (Å²) in [5, 5.41) is 0. The van der Waals surface area contributed by atoms with Crippen LogP contribution in [-0.4, -0.2) is 23.9 Å². The number of rotatable bonds is 10. The first-order valence-electron chi connectivity index (χ1n) is 7.33. The molecular formula is C14H28N2O4. The number of hydrogen-bond donors (Lipinski definition) is 2. The van der Waals surface area contributed by atoms with Crippen molar-refractivity contribution in [3.05, 3.63) is 0 Å². The van der Waals surface area contributed by atoms with Crippen LogP contribution in [0.25, 0.3) is 0 Å². The lowest BCUT2D eigenvalue weighted by Crippen LogP contribution is -2.36. The van der Waals surface area contributed by atoms with E-state index in [1.165, 1.54) is 0 Å². The molecule has 6 nitrogen and oxygen atoms in total. The van der Waals surface area contributed by atoms with E-state index < -0.39 is 17.8 Å². The third-order valence-electron chi connectivity index (χ3n) is 3.66. The van der Waals surface area contributed by atoms with Gasteiger partial charge in [0.15, 0.2) is 0 Å². The Balaban J connectivity index is 4.38. The summed E-state index contributed by atoms with van der Waals surface area (Å²) in [7, 11) is 0. The zero-order chi connectivity index (χ0) is 15.6. The Morgan fingerprint density at radius 3 is 2.05 bits per heavy atom. The second-order valence-corrected chi connectivity index (χ2v) is 5.05. The summed E-state index contributed by atoms with van der Waals surface area (Å²) < 4.78 is 10.3. The molecule has 0 aliphatic carbocycles. The van der Waals surface area contributed by atoms with Crippen molar-refractivity contribution >= 4 is 12.2 Å². The van der Waals surface area contributed by atoms with Crippen LogP contribution in [0.3, 0.4) is 0 Å². The fourth-order valence-corrected chi connectivity index (χ4v) is 2.41. The Kier molecular flexibility index (Phi) is 8.76. The minimum absolute atomic E-state index is 0.169. The van der Waals surface area contributed by atoms with Crippen LogP contribution in [0.1, 0.15) is 65.7 Å². The van der Waals surface area contributed by atoms with Gasteiger partial charge in [0.05, 0.1) is 0 Å². The van der Waals surface area contributed by atoms with Gasteiger partial charge >= 0.3 is 12.2 Å². The lowest BCUT2D eigenvalue weighted by Gasteiger charge is -2.31. The van der Waals surface area contributed by atoms with Gasteiger partial charge in [-0.05, 0) is 38.5 Å². The first-order valence-corrected chi connectivity index (χ1v) is 7.33. The Morgan fingerprint density at radius 1 is 1.05 bits per heavy atom. The molecule has 0 heterocycles. The standard InChI is InChI=1S/C14H28N2O4/c1-4-8-11(19-12(15)17)9-7-10-14(5-2,6-3)20-13(16)18/h11H,4-10H2,1-3H3,(H2,15,17)(H2,16,18). The van der Waals surface area contributed by atoms with Gasteiger partial charge in [-0.3, -0.25) is 0 Å². The number of hydrogen-bond acceptors (Lipinski definition) is 4. The molecule has 0 rings (SSSR count). The Bertz CT molecular complexity index is 304. The summed E-state index contributed by atoms with van der Waals surface area (Å²) >= 11 is 0. The van der Waals surface area contributed by atoms with Gasteiger partial charge in [0.2, 0.25) is 0 Å². The van der Waals surface area contributed by atoms with Gasteiger partial charge in [-0.15, -0.1) is 0 Å². The third kappa shape index (κ3) is 7.21. The van der Waals surface area contributed by atoms with E-state index in [1.54, 1.807) is 0 Å². The lowest BCUT2D eigenvalue weighted by molar-refractivity contribution is -0.00142. The largest absolute Gasteiger partial charge is 0.446 e. The predicted octanol–water partition coefficient (Wildman–Crippen LogP) is 3.07. The summed E-state index contributed by atoms with van der Waals surface area (Å²) in [6, 6.07) is 0. The molecule has 1 atom stereocenters. The molecule has 118 valence electrons. The highest BCUT2D eigenvalue weighted by Crippen LogP contribution is 2.28. The Labute approximate surface area is 121 Å². The van der Waals surface area contributed by atoms with E-state index in [-0.39, 0.29) is 6.10 Å².